The van der Waals surface area contributed by atoms with E-state index in [-0.39, 0.29) is 53.8 Å². The summed E-state index contributed by atoms with van der Waals surface area (Å²) in [5, 5.41) is 22.9. The van der Waals surface area contributed by atoms with Gasteiger partial charge in [0.25, 0.3) is 0 Å². The first-order chi connectivity index (χ1) is 24.1. The van der Waals surface area contributed by atoms with Crippen molar-refractivity contribution in [2.45, 2.75) is 123 Å². The highest BCUT2D eigenvalue weighted by molar-refractivity contribution is 5.94. The number of methoxy groups -OCH3 is 2. The van der Waals surface area contributed by atoms with E-state index in [4.69, 9.17) is 9.47 Å². The number of nitrogens with zero attached hydrogens (tertiary/aromatic N) is 1. The number of nitrogens with one attached hydrogen (secondary N) is 4. The lowest BCUT2D eigenvalue weighted by Gasteiger charge is -2.49. The first kappa shape index (κ1) is 44.1. The number of aliphatic hydroxyl groups is 1. The summed E-state index contributed by atoms with van der Waals surface area (Å²) in [6.07, 6.45) is -0.153. The fourth-order valence-electron chi connectivity index (χ4n) is 8.01. The van der Waals surface area contributed by atoms with Crippen LogP contribution in [-0.2, 0) is 28.7 Å². The molecule has 4 unspecified atom stereocenters. The molecule has 12 heteroatoms. The van der Waals surface area contributed by atoms with Crippen molar-refractivity contribution in [3.63, 3.8) is 0 Å². The second-order valence-corrected chi connectivity index (χ2v) is 14.9. The van der Waals surface area contributed by atoms with Crippen molar-refractivity contribution >= 4 is 23.6 Å². The van der Waals surface area contributed by atoms with Gasteiger partial charge >= 0.3 is 0 Å². The molecule has 1 aliphatic heterocycles. The van der Waals surface area contributed by atoms with E-state index in [0.29, 0.717) is 24.9 Å². The van der Waals surface area contributed by atoms with Gasteiger partial charge in [-0.2, -0.15) is 0 Å². The Hall–Kier alpha value is -3.06. The molecular weight excluding hydrogens is 650 g/mol. The molecule has 10 atom stereocenters. The van der Waals surface area contributed by atoms with Crippen molar-refractivity contribution in [1.82, 2.24) is 26.2 Å². The number of ether oxygens (including phenoxy) is 2. The van der Waals surface area contributed by atoms with Crippen molar-refractivity contribution in [2.75, 3.05) is 34.9 Å². The van der Waals surface area contributed by atoms with Crippen LogP contribution in [0.3, 0.4) is 0 Å². The average molecular weight is 718 g/mol. The molecule has 5 N–H and O–H groups in total. The Morgan fingerprint density at radius 3 is 2.08 bits per heavy atom. The molecule has 0 aromatic heterocycles. The van der Waals surface area contributed by atoms with E-state index in [2.05, 4.69) is 21.3 Å². The molecule has 1 heterocycles. The molecule has 1 saturated heterocycles. The molecular formula is C39H67N5O7. The maximum atomic E-state index is 14.3. The van der Waals surface area contributed by atoms with E-state index >= 15 is 0 Å². The third kappa shape index (κ3) is 10.3. The number of carbonyl (C=O) groups is 4. The minimum atomic E-state index is -1.39. The van der Waals surface area contributed by atoms with Gasteiger partial charge in [-0.3, -0.25) is 19.2 Å². The molecule has 0 radical (unpaired) electrons. The summed E-state index contributed by atoms with van der Waals surface area (Å²) in [5.41, 5.74) is -0.685. The predicted octanol–water partition coefficient (Wildman–Crippen LogP) is 3.44. The summed E-state index contributed by atoms with van der Waals surface area (Å²) < 4.78 is 12.1. The first-order valence-electron chi connectivity index (χ1n) is 18.7. The Morgan fingerprint density at radius 2 is 1.59 bits per heavy atom. The van der Waals surface area contributed by atoms with Crippen LogP contribution in [0.5, 0.6) is 0 Å². The molecule has 12 nitrogen and oxygen atoms in total. The van der Waals surface area contributed by atoms with Gasteiger partial charge < -0.3 is 40.7 Å². The second kappa shape index (κ2) is 20.3. The van der Waals surface area contributed by atoms with Gasteiger partial charge in [0.05, 0.1) is 48.8 Å². The average Bonchev–Trinajstić information content (AvgIpc) is 3.60. The van der Waals surface area contributed by atoms with Gasteiger partial charge in [0, 0.05) is 33.7 Å². The van der Waals surface area contributed by atoms with E-state index in [9.17, 15) is 24.3 Å². The third-order valence-electron chi connectivity index (χ3n) is 11.1. The van der Waals surface area contributed by atoms with Crippen LogP contribution in [0.1, 0.15) is 92.7 Å². The predicted molar refractivity (Wildman–Crippen MR) is 200 cm³/mol. The van der Waals surface area contributed by atoms with Gasteiger partial charge in [-0.1, -0.05) is 85.2 Å². The molecule has 290 valence electrons. The molecule has 0 saturated carbocycles. The van der Waals surface area contributed by atoms with Crippen molar-refractivity contribution in [3.8, 4) is 0 Å². The lowest BCUT2D eigenvalue weighted by molar-refractivity contribution is -0.150. The van der Waals surface area contributed by atoms with Crippen molar-refractivity contribution < 1.29 is 33.8 Å². The Morgan fingerprint density at radius 1 is 0.961 bits per heavy atom. The molecule has 0 spiro atoms. The standard InChI is InChI=1S/C39H67N5O7/c1-13-25(6)32(39(24(4)5,38(49)41-10)43-37(48)33(40-9)23(2)3)30(50-11)22-31(45)44-21-17-20-29(44)35(51-12)26(7)36(47)42-27(8)34(46)28-18-15-14-16-19-28/h14-16,18-19,23-27,29-30,32-35,40,46H,13,17,20-22H2,1-12H3,(H,41,49)(H,42,47)(H,43,48)/t25?,26-,27-,29+,30?,32?,33+,34-,35-,39?/m1/s1. The summed E-state index contributed by atoms with van der Waals surface area (Å²) in [6.45, 7) is 15.8. The molecule has 1 fully saturated rings. The fourth-order valence-corrected chi connectivity index (χ4v) is 8.01. The molecule has 1 aromatic rings. The van der Waals surface area contributed by atoms with Crippen LogP contribution < -0.4 is 21.3 Å². The SMILES string of the molecule is CCC(C)C(C(CC(=O)N1CCC[C@H]1[C@H](OC)[C@@H](C)C(=O)N[C@H](C)[C@@H](O)c1ccccc1)OC)C(NC(=O)[C@@H](NC)C(C)C)(C(=O)NC)C(C)C. The van der Waals surface area contributed by atoms with Crippen LogP contribution in [0.2, 0.25) is 0 Å². The molecule has 4 amide bonds. The summed E-state index contributed by atoms with van der Waals surface area (Å²) in [6, 6.07) is 7.72. The van der Waals surface area contributed by atoms with Crippen molar-refractivity contribution in [3.05, 3.63) is 35.9 Å². The zero-order chi connectivity index (χ0) is 38.6. The highest BCUT2D eigenvalue weighted by Gasteiger charge is 2.55. The largest absolute Gasteiger partial charge is 0.386 e. The summed E-state index contributed by atoms with van der Waals surface area (Å²) in [4.78, 5) is 57.5. The minimum absolute atomic E-state index is 0.0275. The zero-order valence-electron chi connectivity index (χ0n) is 33.1. The lowest BCUT2D eigenvalue weighted by atomic mass is 9.65. The second-order valence-electron chi connectivity index (χ2n) is 14.9. The lowest BCUT2D eigenvalue weighted by Crippen LogP contribution is -2.71. The van der Waals surface area contributed by atoms with Gasteiger partial charge in [-0.05, 0) is 50.1 Å². The zero-order valence-corrected chi connectivity index (χ0v) is 33.1. The van der Waals surface area contributed by atoms with Crippen molar-refractivity contribution in [2.24, 2.45) is 29.6 Å². The van der Waals surface area contributed by atoms with Crippen LogP contribution >= 0.6 is 0 Å². The van der Waals surface area contributed by atoms with Crippen LogP contribution in [0.4, 0.5) is 0 Å². The van der Waals surface area contributed by atoms with Gasteiger partial charge in [-0.25, -0.2) is 0 Å². The number of hydrogen-bond donors (Lipinski definition) is 5. The number of hydrogen-bond acceptors (Lipinski definition) is 8. The van der Waals surface area contributed by atoms with Gasteiger partial charge in [0.15, 0.2) is 0 Å². The number of aliphatic hydroxyl groups excluding tert-OH is 1. The molecule has 51 heavy (non-hydrogen) atoms. The van der Waals surface area contributed by atoms with Crippen LogP contribution in [0, 0.1) is 29.6 Å². The maximum Gasteiger partial charge on any atom is 0.246 e. The van der Waals surface area contributed by atoms with Gasteiger partial charge in [0.1, 0.15) is 5.54 Å². The summed E-state index contributed by atoms with van der Waals surface area (Å²) in [7, 11) is 6.38. The summed E-state index contributed by atoms with van der Waals surface area (Å²) in [5.74, 6) is -2.77. The number of likely N-dealkylation sites (tertiary alicyclic amines) is 1. The minimum Gasteiger partial charge on any atom is -0.386 e. The molecule has 0 aliphatic carbocycles. The highest BCUT2D eigenvalue weighted by atomic mass is 16.5. The summed E-state index contributed by atoms with van der Waals surface area (Å²) >= 11 is 0. The van der Waals surface area contributed by atoms with E-state index < -0.39 is 47.8 Å². The van der Waals surface area contributed by atoms with Gasteiger partial charge in [-0.15, -0.1) is 0 Å². The molecule has 1 aliphatic rings. The first-order valence-corrected chi connectivity index (χ1v) is 18.7. The highest BCUT2D eigenvalue weighted by Crippen LogP contribution is 2.40. The van der Waals surface area contributed by atoms with Gasteiger partial charge in [0.2, 0.25) is 23.6 Å². The Balaban J connectivity index is 2.41. The Kier molecular flexibility index (Phi) is 17.5. The number of amides is 4. The van der Waals surface area contributed by atoms with Crippen LogP contribution in [0.15, 0.2) is 30.3 Å². The van der Waals surface area contributed by atoms with E-state index in [1.165, 1.54) is 0 Å². The van der Waals surface area contributed by atoms with Crippen LogP contribution in [-0.4, -0.2) is 104 Å². The van der Waals surface area contributed by atoms with Crippen LogP contribution in [0.25, 0.3) is 0 Å². The molecule has 2 rings (SSSR count). The fraction of sp³-hybridized carbons (Fsp3) is 0.744. The van der Waals surface area contributed by atoms with E-state index in [1.807, 2.05) is 71.9 Å². The van der Waals surface area contributed by atoms with E-state index in [0.717, 1.165) is 6.42 Å². The quantitative estimate of drug-likeness (QED) is 0.137. The Bertz CT molecular complexity index is 1260. The molecule has 1 aromatic carbocycles. The third-order valence-corrected chi connectivity index (χ3v) is 11.1. The number of carbonyl (C=O) groups excluding carboxylic acids is 4. The topological polar surface area (TPSA) is 158 Å². The number of rotatable bonds is 20. The molecule has 0 bridgehead atoms. The smallest absolute Gasteiger partial charge is 0.246 e. The maximum absolute atomic E-state index is 14.3. The van der Waals surface area contributed by atoms with Crippen molar-refractivity contribution in [1.29, 1.82) is 0 Å². The van der Waals surface area contributed by atoms with E-state index in [1.54, 1.807) is 47.1 Å². The number of likely N-dealkylation sites (N-methyl/N-ethyl adjacent to an activating group) is 2. The number of benzene rings is 1. The monoisotopic (exact) mass is 718 g/mol. The normalized spacial score (nSPS) is 20.8. The Labute approximate surface area is 306 Å².